The molecular weight excluding hydrogens is 266 g/mol. The van der Waals surface area contributed by atoms with E-state index in [2.05, 4.69) is 17.2 Å². The highest BCUT2D eigenvalue weighted by atomic mass is 16.5. The highest BCUT2D eigenvalue weighted by Crippen LogP contribution is 2.07. The molecule has 1 aromatic rings. The topological polar surface area (TPSA) is 58.6 Å². The van der Waals surface area contributed by atoms with Crippen LogP contribution in [0.3, 0.4) is 0 Å². The molecular formula is C17H23NO3. The summed E-state index contributed by atoms with van der Waals surface area (Å²) >= 11 is 0. The summed E-state index contributed by atoms with van der Waals surface area (Å²) in [6.07, 6.45) is 1.66. The zero-order chi connectivity index (χ0) is 15.3. The van der Waals surface area contributed by atoms with Gasteiger partial charge in [0.1, 0.15) is 0 Å². The van der Waals surface area contributed by atoms with Crippen molar-refractivity contribution in [3.63, 3.8) is 0 Å². The number of benzene rings is 1. The van der Waals surface area contributed by atoms with Crippen molar-refractivity contribution in [2.45, 2.75) is 32.7 Å². The quantitative estimate of drug-likeness (QED) is 0.567. The summed E-state index contributed by atoms with van der Waals surface area (Å²) in [5.41, 5.74) is 1.88. The molecule has 0 aliphatic rings. The monoisotopic (exact) mass is 289 g/mol. The Morgan fingerprint density at radius 2 is 2.19 bits per heavy atom. The largest absolute Gasteiger partial charge is 0.395 e. The van der Waals surface area contributed by atoms with Gasteiger partial charge in [-0.3, -0.25) is 4.79 Å². The summed E-state index contributed by atoms with van der Waals surface area (Å²) in [4.78, 5) is 11.7. The lowest BCUT2D eigenvalue weighted by molar-refractivity contribution is -0.121. The Labute approximate surface area is 126 Å². The number of rotatable bonds is 8. The van der Waals surface area contributed by atoms with E-state index in [0.29, 0.717) is 32.6 Å². The van der Waals surface area contributed by atoms with Crippen LogP contribution in [-0.4, -0.2) is 30.8 Å². The smallest absolute Gasteiger partial charge is 0.220 e. The first-order valence-electron chi connectivity index (χ1n) is 7.30. The van der Waals surface area contributed by atoms with E-state index in [0.717, 1.165) is 17.5 Å². The van der Waals surface area contributed by atoms with Crippen molar-refractivity contribution in [1.29, 1.82) is 0 Å². The molecule has 4 heteroatoms. The van der Waals surface area contributed by atoms with E-state index in [4.69, 9.17) is 9.84 Å². The maximum absolute atomic E-state index is 11.7. The molecule has 0 fully saturated rings. The summed E-state index contributed by atoms with van der Waals surface area (Å²) in [5.74, 6) is 5.94. The number of nitrogens with one attached hydrogen (secondary N) is 1. The van der Waals surface area contributed by atoms with Crippen molar-refractivity contribution < 1.29 is 14.6 Å². The molecule has 1 rings (SSSR count). The van der Waals surface area contributed by atoms with Gasteiger partial charge in [-0.2, -0.15) is 0 Å². The van der Waals surface area contributed by atoms with Crippen LogP contribution < -0.4 is 5.32 Å². The lowest BCUT2D eigenvalue weighted by atomic mass is 10.1. The Morgan fingerprint density at radius 1 is 1.38 bits per heavy atom. The Morgan fingerprint density at radius 3 is 2.95 bits per heavy atom. The van der Waals surface area contributed by atoms with E-state index < -0.39 is 0 Å². The maximum atomic E-state index is 11.7. The van der Waals surface area contributed by atoms with E-state index >= 15 is 0 Å². The zero-order valence-electron chi connectivity index (χ0n) is 12.5. The Bertz CT molecular complexity index is 488. The molecule has 1 amide bonds. The standard InChI is InChI=1S/C17H23NO3/c1-2-21-13-7-11-17(20)18-14-16-10-4-3-8-15(16)9-5-6-12-19/h3-4,8,10,19H,2,6-7,11-14H2,1H3,(H,18,20). The third kappa shape index (κ3) is 7.50. The van der Waals surface area contributed by atoms with Gasteiger partial charge in [0, 0.05) is 38.2 Å². The van der Waals surface area contributed by atoms with Crippen molar-refractivity contribution >= 4 is 5.91 Å². The fourth-order valence-corrected chi connectivity index (χ4v) is 1.77. The second kappa shape index (κ2) is 10.9. The Balaban J connectivity index is 2.44. The molecule has 0 saturated carbocycles. The average Bonchev–Trinajstić information content (AvgIpc) is 2.51. The molecule has 1 aromatic carbocycles. The first-order valence-corrected chi connectivity index (χ1v) is 7.30. The fourth-order valence-electron chi connectivity index (χ4n) is 1.77. The molecule has 0 aliphatic carbocycles. The molecule has 0 saturated heterocycles. The predicted octanol–water partition coefficient (Wildman–Crippen LogP) is 1.85. The summed E-state index contributed by atoms with van der Waals surface area (Å²) in [6.45, 7) is 3.77. The van der Waals surface area contributed by atoms with Crippen LogP contribution in [0.25, 0.3) is 0 Å². The molecule has 21 heavy (non-hydrogen) atoms. The minimum atomic E-state index is 0.0211. The van der Waals surface area contributed by atoms with Crippen LogP contribution >= 0.6 is 0 Å². The van der Waals surface area contributed by atoms with Crippen LogP contribution in [-0.2, 0) is 16.1 Å². The van der Waals surface area contributed by atoms with Gasteiger partial charge in [-0.05, 0) is 25.0 Å². The van der Waals surface area contributed by atoms with Gasteiger partial charge in [0.05, 0.1) is 6.61 Å². The van der Waals surface area contributed by atoms with Crippen LogP contribution in [0.15, 0.2) is 24.3 Å². The SMILES string of the molecule is CCOCCCC(=O)NCc1ccccc1C#CCCO. The van der Waals surface area contributed by atoms with Gasteiger partial charge >= 0.3 is 0 Å². The number of carbonyl (C=O) groups excluding carboxylic acids is 1. The van der Waals surface area contributed by atoms with E-state index in [1.54, 1.807) is 0 Å². The molecule has 0 heterocycles. The summed E-state index contributed by atoms with van der Waals surface area (Å²) in [5, 5.41) is 11.6. The van der Waals surface area contributed by atoms with E-state index in [-0.39, 0.29) is 12.5 Å². The van der Waals surface area contributed by atoms with Crippen LogP contribution in [0, 0.1) is 11.8 Å². The number of hydrogen-bond donors (Lipinski definition) is 2. The molecule has 0 aromatic heterocycles. The fraction of sp³-hybridized carbons (Fsp3) is 0.471. The van der Waals surface area contributed by atoms with E-state index in [9.17, 15) is 4.79 Å². The van der Waals surface area contributed by atoms with E-state index in [1.807, 2.05) is 31.2 Å². The third-order valence-corrected chi connectivity index (χ3v) is 2.85. The molecule has 0 bridgehead atoms. The van der Waals surface area contributed by atoms with Gasteiger partial charge in [-0.1, -0.05) is 30.0 Å². The number of aliphatic hydroxyl groups is 1. The van der Waals surface area contributed by atoms with Crippen molar-refractivity contribution in [3.8, 4) is 11.8 Å². The number of aliphatic hydroxyl groups excluding tert-OH is 1. The highest BCUT2D eigenvalue weighted by molar-refractivity contribution is 5.75. The minimum absolute atomic E-state index is 0.0211. The lowest BCUT2D eigenvalue weighted by Gasteiger charge is -2.07. The molecule has 0 unspecified atom stereocenters. The first-order chi connectivity index (χ1) is 10.3. The van der Waals surface area contributed by atoms with Gasteiger partial charge in [-0.15, -0.1) is 0 Å². The first kappa shape index (κ1) is 17.2. The van der Waals surface area contributed by atoms with Gasteiger partial charge in [0.25, 0.3) is 0 Å². The van der Waals surface area contributed by atoms with Crippen LogP contribution in [0.5, 0.6) is 0 Å². The summed E-state index contributed by atoms with van der Waals surface area (Å²) < 4.78 is 5.20. The van der Waals surface area contributed by atoms with Gasteiger partial charge in [0.2, 0.25) is 5.91 Å². The van der Waals surface area contributed by atoms with Crippen molar-refractivity contribution in [2.75, 3.05) is 19.8 Å². The molecule has 0 spiro atoms. The second-order valence-electron chi connectivity index (χ2n) is 4.51. The van der Waals surface area contributed by atoms with Crippen molar-refractivity contribution in [1.82, 2.24) is 5.32 Å². The van der Waals surface area contributed by atoms with Crippen LogP contribution in [0.4, 0.5) is 0 Å². The maximum Gasteiger partial charge on any atom is 0.220 e. The van der Waals surface area contributed by atoms with Gasteiger partial charge < -0.3 is 15.2 Å². The third-order valence-electron chi connectivity index (χ3n) is 2.85. The van der Waals surface area contributed by atoms with Gasteiger partial charge in [-0.25, -0.2) is 0 Å². The van der Waals surface area contributed by atoms with Crippen LogP contribution in [0.1, 0.15) is 37.3 Å². The lowest BCUT2D eigenvalue weighted by Crippen LogP contribution is -2.23. The second-order valence-corrected chi connectivity index (χ2v) is 4.51. The molecule has 2 N–H and O–H groups in total. The molecule has 0 radical (unpaired) electrons. The number of hydrogen-bond acceptors (Lipinski definition) is 3. The molecule has 114 valence electrons. The van der Waals surface area contributed by atoms with Gasteiger partial charge in [0.15, 0.2) is 0 Å². The summed E-state index contributed by atoms with van der Waals surface area (Å²) in [6, 6.07) is 7.70. The Kier molecular flexibility index (Phi) is 8.94. The predicted molar refractivity (Wildman–Crippen MR) is 82.6 cm³/mol. The molecule has 0 atom stereocenters. The summed E-state index contributed by atoms with van der Waals surface area (Å²) in [7, 11) is 0. The molecule has 0 aliphatic heterocycles. The van der Waals surface area contributed by atoms with Crippen molar-refractivity contribution in [3.05, 3.63) is 35.4 Å². The zero-order valence-corrected chi connectivity index (χ0v) is 12.5. The minimum Gasteiger partial charge on any atom is -0.395 e. The molecule has 4 nitrogen and oxygen atoms in total. The van der Waals surface area contributed by atoms with Crippen molar-refractivity contribution in [2.24, 2.45) is 0 Å². The highest BCUT2D eigenvalue weighted by Gasteiger charge is 2.03. The number of amides is 1. The van der Waals surface area contributed by atoms with Crippen LogP contribution in [0.2, 0.25) is 0 Å². The number of ether oxygens (including phenoxy) is 1. The Hall–Kier alpha value is -1.83. The number of carbonyl (C=O) groups is 1. The average molecular weight is 289 g/mol. The van der Waals surface area contributed by atoms with E-state index in [1.165, 1.54) is 0 Å². The normalized spacial score (nSPS) is 9.81.